The molecule has 0 aliphatic rings. The third-order valence-electron chi connectivity index (χ3n) is 5.41. The van der Waals surface area contributed by atoms with Crippen LogP contribution in [0.2, 0.25) is 0 Å². The molecule has 0 fully saturated rings. The van der Waals surface area contributed by atoms with E-state index in [-0.39, 0.29) is 5.41 Å². The Morgan fingerprint density at radius 1 is 0.759 bits per heavy atom. The summed E-state index contributed by atoms with van der Waals surface area (Å²) in [6, 6.07) is 25.7. The van der Waals surface area contributed by atoms with Gasteiger partial charge in [0.1, 0.15) is 5.75 Å². The van der Waals surface area contributed by atoms with Crippen LogP contribution in [-0.2, 0) is 5.41 Å². The lowest BCUT2D eigenvalue weighted by Crippen LogP contribution is -2.10. The van der Waals surface area contributed by atoms with Gasteiger partial charge >= 0.3 is 0 Å². The van der Waals surface area contributed by atoms with Gasteiger partial charge in [-0.05, 0) is 71.5 Å². The normalized spacial score (nSPS) is 11.6. The molecule has 4 aromatic rings. The largest absolute Gasteiger partial charge is 0.497 e. The predicted molar refractivity (Wildman–Crippen MR) is 123 cm³/mol. The van der Waals surface area contributed by atoms with Crippen molar-refractivity contribution >= 4 is 10.9 Å². The molecular formula is C27H27NO. The molecule has 0 radical (unpaired) electrons. The zero-order valence-corrected chi connectivity index (χ0v) is 17.8. The third kappa shape index (κ3) is 3.88. The van der Waals surface area contributed by atoms with E-state index in [4.69, 9.17) is 9.72 Å². The summed E-state index contributed by atoms with van der Waals surface area (Å²) < 4.78 is 5.30. The van der Waals surface area contributed by atoms with Crippen LogP contribution < -0.4 is 4.74 Å². The van der Waals surface area contributed by atoms with Gasteiger partial charge in [0.25, 0.3) is 0 Å². The summed E-state index contributed by atoms with van der Waals surface area (Å²) in [6.45, 7) is 8.86. The van der Waals surface area contributed by atoms with Gasteiger partial charge in [-0.2, -0.15) is 0 Å². The molecule has 0 atom stereocenters. The molecule has 0 N–H and O–H groups in total. The molecule has 4 rings (SSSR count). The maximum Gasteiger partial charge on any atom is 0.118 e. The predicted octanol–water partition coefficient (Wildman–Crippen LogP) is 7.18. The van der Waals surface area contributed by atoms with E-state index in [0.29, 0.717) is 0 Å². The number of ether oxygens (including phenoxy) is 1. The summed E-state index contributed by atoms with van der Waals surface area (Å²) in [5.74, 6) is 0.850. The summed E-state index contributed by atoms with van der Waals surface area (Å²) >= 11 is 0. The first-order valence-electron chi connectivity index (χ1n) is 10.0. The van der Waals surface area contributed by atoms with Crippen LogP contribution in [0.3, 0.4) is 0 Å². The molecule has 0 amide bonds. The van der Waals surface area contributed by atoms with Crippen molar-refractivity contribution in [1.82, 2.24) is 4.98 Å². The highest BCUT2D eigenvalue weighted by Gasteiger charge is 2.15. The molecule has 0 aliphatic carbocycles. The fraction of sp³-hybridized carbons (Fsp3) is 0.222. The second-order valence-electron chi connectivity index (χ2n) is 8.63. The minimum Gasteiger partial charge on any atom is -0.497 e. The smallest absolute Gasteiger partial charge is 0.118 e. The SMILES string of the molecule is COc1ccc(-c2cc(-c3ccc(C(C)(C)C)cc3)c3cc(C)ccc3n2)cc1. The van der Waals surface area contributed by atoms with Gasteiger partial charge in [0.2, 0.25) is 0 Å². The summed E-state index contributed by atoms with van der Waals surface area (Å²) in [4.78, 5) is 4.94. The summed E-state index contributed by atoms with van der Waals surface area (Å²) in [5, 5.41) is 1.19. The first-order chi connectivity index (χ1) is 13.8. The van der Waals surface area contributed by atoms with Crippen LogP contribution in [0, 0.1) is 6.92 Å². The maximum absolute atomic E-state index is 5.30. The second-order valence-corrected chi connectivity index (χ2v) is 8.63. The standard InChI is InChI=1S/C27H27NO/c1-18-6-15-25-24(16-18)23(19-7-11-21(12-8-19)27(2,3)4)17-26(28-25)20-9-13-22(29-5)14-10-20/h6-17H,1-5H3. The van der Waals surface area contributed by atoms with Gasteiger partial charge in [-0.15, -0.1) is 0 Å². The van der Waals surface area contributed by atoms with Crippen LogP contribution >= 0.6 is 0 Å². The van der Waals surface area contributed by atoms with E-state index in [2.05, 4.69) is 88.4 Å². The van der Waals surface area contributed by atoms with Crippen LogP contribution in [0.5, 0.6) is 5.75 Å². The zero-order chi connectivity index (χ0) is 20.6. The van der Waals surface area contributed by atoms with Crippen molar-refractivity contribution in [3.05, 3.63) is 83.9 Å². The Bertz CT molecular complexity index is 1150. The van der Waals surface area contributed by atoms with E-state index in [9.17, 15) is 0 Å². The van der Waals surface area contributed by atoms with Crippen LogP contribution in [0.25, 0.3) is 33.3 Å². The Morgan fingerprint density at radius 2 is 1.41 bits per heavy atom. The number of methoxy groups -OCH3 is 1. The molecule has 2 nitrogen and oxygen atoms in total. The quantitative estimate of drug-likeness (QED) is 0.375. The average Bonchev–Trinajstić information content (AvgIpc) is 2.72. The molecule has 2 heteroatoms. The van der Waals surface area contributed by atoms with Crippen LogP contribution in [0.15, 0.2) is 72.8 Å². The fourth-order valence-corrected chi connectivity index (χ4v) is 3.64. The van der Waals surface area contributed by atoms with E-state index in [1.54, 1.807) is 7.11 Å². The molecular weight excluding hydrogens is 354 g/mol. The molecule has 0 bridgehead atoms. The van der Waals surface area contributed by atoms with Crippen LogP contribution in [0.4, 0.5) is 0 Å². The van der Waals surface area contributed by atoms with E-state index in [0.717, 1.165) is 22.5 Å². The van der Waals surface area contributed by atoms with Crippen LogP contribution in [-0.4, -0.2) is 12.1 Å². The van der Waals surface area contributed by atoms with Gasteiger partial charge < -0.3 is 4.74 Å². The Kier molecular flexibility index (Phi) is 4.87. The summed E-state index contributed by atoms with van der Waals surface area (Å²) in [6.07, 6.45) is 0. The van der Waals surface area contributed by atoms with Crippen molar-refractivity contribution in [2.24, 2.45) is 0 Å². The van der Waals surface area contributed by atoms with Gasteiger partial charge in [0, 0.05) is 10.9 Å². The second kappa shape index (κ2) is 7.36. The molecule has 1 aromatic heterocycles. The number of pyridine rings is 1. The number of benzene rings is 3. The topological polar surface area (TPSA) is 22.1 Å². The first-order valence-corrected chi connectivity index (χ1v) is 10.0. The Hall–Kier alpha value is -3.13. The highest BCUT2D eigenvalue weighted by molar-refractivity contribution is 5.97. The summed E-state index contributed by atoms with van der Waals surface area (Å²) in [5.41, 5.74) is 8.22. The van der Waals surface area contributed by atoms with Crippen molar-refractivity contribution < 1.29 is 4.74 Å². The maximum atomic E-state index is 5.30. The number of fused-ring (bicyclic) bond motifs is 1. The molecule has 29 heavy (non-hydrogen) atoms. The Morgan fingerprint density at radius 3 is 2.03 bits per heavy atom. The van der Waals surface area contributed by atoms with Gasteiger partial charge in [0.05, 0.1) is 18.3 Å². The van der Waals surface area contributed by atoms with Crippen molar-refractivity contribution in [2.45, 2.75) is 33.1 Å². The van der Waals surface area contributed by atoms with Crippen LogP contribution in [0.1, 0.15) is 31.9 Å². The molecule has 1 heterocycles. The van der Waals surface area contributed by atoms with Gasteiger partial charge in [0.15, 0.2) is 0 Å². The number of hydrogen-bond donors (Lipinski definition) is 0. The molecule has 0 saturated carbocycles. The Balaban J connectivity index is 1.90. The monoisotopic (exact) mass is 381 g/mol. The highest BCUT2D eigenvalue weighted by atomic mass is 16.5. The van der Waals surface area contributed by atoms with Crippen molar-refractivity contribution in [3.63, 3.8) is 0 Å². The molecule has 0 aliphatic heterocycles. The third-order valence-corrected chi connectivity index (χ3v) is 5.41. The number of nitrogens with zero attached hydrogens (tertiary/aromatic N) is 1. The molecule has 3 aromatic carbocycles. The van der Waals surface area contributed by atoms with Gasteiger partial charge in [-0.25, -0.2) is 4.98 Å². The minimum atomic E-state index is 0.143. The molecule has 0 spiro atoms. The van der Waals surface area contributed by atoms with E-state index in [1.165, 1.54) is 27.6 Å². The van der Waals surface area contributed by atoms with E-state index in [1.807, 2.05) is 12.1 Å². The van der Waals surface area contributed by atoms with Gasteiger partial charge in [-0.3, -0.25) is 0 Å². The Labute approximate surface area is 173 Å². The lowest BCUT2D eigenvalue weighted by Gasteiger charge is -2.19. The van der Waals surface area contributed by atoms with E-state index < -0.39 is 0 Å². The molecule has 0 saturated heterocycles. The average molecular weight is 382 g/mol. The highest BCUT2D eigenvalue weighted by Crippen LogP contribution is 2.34. The number of rotatable bonds is 3. The summed E-state index contributed by atoms with van der Waals surface area (Å²) in [7, 11) is 1.69. The number of aromatic nitrogens is 1. The molecule has 0 unspecified atom stereocenters. The lowest BCUT2D eigenvalue weighted by atomic mass is 9.86. The zero-order valence-electron chi connectivity index (χ0n) is 17.8. The first kappa shape index (κ1) is 19.2. The van der Waals surface area contributed by atoms with Crippen molar-refractivity contribution in [1.29, 1.82) is 0 Å². The number of aryl methyl sites for hydroxylation is 1. The fourth-order valence-electron chi connectivity index (χ4n) is 3.64. The van der Waals surface area contributed by atoms with Crippen molar-refractivity contribution in [2.75, 3.05) is 7.11 Å². The van der Waals surface area contributed by atoms with Crippen molar-refractivity contribution in [3.8, 4) is 28.1 Å². The molecule has 146 valence electrons. The minimum absolute atomic E-state index is 0.143. The lowest BCUT2D eigenvalue weighted by molar-refractivity contribution is 0.415. The van der Waals surface area contributed by atoms with Gasteiger partial charge in [-0.1, -0.05) is 56.7 Å². The van der Waals surface area contributed by atoms with E-state index >= 15 is 0 Å². The number of hydrogen-bond acceptors (Lipinski definition) is 2.